The van der Waals surface area contributed by atoms with Gasteiger partial charge in [-0.15, -0.1) is 0 Å². The first-order valence-corrected chi connectivity index (χ1v) is 9.04. The molecular weight excluding hydrogens is 330 g/mol. The van der Waals surface area contributed by atoms with Crippen molar-refractivity contribution in [3.05, 3.63) is 28.2 Å². The molecule has 0 saturated heterocycles. The van der Waals surface area contributed by atoms with E-state index in [1.807, 2.05) is 0 Å². The zero-order valence-corrected chi connectivity index (χ0v) is 12.5. The molecule has 0 aliphatic rings. The Morgan fingerprint density at radius 2 is 1.82 bits per heavy atom. The number of benzene rings is 1. The van der Waals surface area contributed by atoms with Gasteiger partial charge in [0.1, 0.15) is 0 Å². The Bertz CT molecular complexity index is 622. The van der Waals surface area contributed by atoms with Crippen LogP contribution in [0.3, 0.4) is 0 Å². The van der Waals surface area contributed by atoms with Gasteiger partial charge in [0.05, 0.1) is 5.69 Å². The number of halogens is 1. The summed E-state index contributed by atoms with van der Waals surface area (Å²) in [6.45, 7) is 1.73. The van der Waals surface area contributed by atoms with E-state index >= 15 is 0 Å². The molecule has 0 aliphatic carbocycles. The monoisotopic (exact) mass is 341 g/mol. The molecule has 0 heterocycles. The smallest absolute Gasteiger partial charge is 0.247 e. The number of hydrogen-bond acceptors (Lipinski definition) is 4. The van der Waals surface area contributed by atoms with Crippen molar-refractivity contribution in [3.63, 3.8) is 0 Å². The molecule has 1 aromatic rings. The van der Waals surface area contributed by atoms with Gasteiger partial charge in [0.2, 0.25) is 10.0 Å². The molecule has 1 aromatic carbocycles. The van der Waals surface area contributed by atoms with Crippen LogP contribution in [0.4, 0.5) is 5.69 Å². The minimum atomic E-state index is -3.89. The molecule has 96 valence electrons. The molecule has 0 radical (unpaired) electrons. The number of anilines is 1. The van der Waals surface area contributed by atoms with Crippen LogP contribution in [0.25, 0.3) is 0 Å². The molecule has 5 nitrogen and oxygen atoms in total. The van der Waals surface area contributed by atoms with Crippen LogP contribution in [0.2, 0.25) is 0 Å². The molecule has 0 unspecified atom stereocenters. The maximum Gasteiger partial charge on any atom is 0.247 e. The summed E-state index contributed by atoms with van der Waals surface area (Å²) in [5, 5.41) is -0.925. The van der Waals surface area contributed by atoms with E-state index in [1.165, 1.54) is 0 Å². The number of sulfonamides is 1. The van der Waals surface area contributed by atoms with Gasteiger partial charge in [-0.05, 0) is 24.6 Å². The van der Waals surface area contributed by atoms with Gasteiger partial charge < -0.3 is 0 Å². The van der Waals surface area contributed by atoms with Crippen molar-refractivity contribution in [2.45, 2.75) is 6.92 Å². The summed E-state index contributed by atoms with van der Waals surface area (Å²) in [5.74, 6) is 0. The second-order valence-corrected chi connectivity index (χ2v) is 8.86. The third kappa shape index (κ3) is 5.05. The van der Waals surface area contributed by atoms with Gasteiger partial charge >= 0.3 is 0 Å². The fourth-order valence-corrected chi connectivity index (χ4v) is 4.59. The molecular formula is C9H12BrNO4S2. The van der Waals surface area contributed by atoms with Gasteiger partial charge in [-0.3, -0.25) is 4.72 Å². The lowest BCUT2D eigenvalue weighted by Crippen LogP contribution is -2.22. The van der Waals surface area contributed by atoms with Crippen LogP contribution in [0.5, 0.6) is 0 Å². The van der Waals surface area contributed by atoms with Crippen molar-refractivity contribution in [2.24, 2.45) is 0 Å². The SMILES string of the molecule is Cc1ccc(Br)cc1NS(=O)(=O)CS(C)(=O)=O. The Kier molecular flexibility index (Phi) is 4.21. The topological polar surface area (TPSA) is 80.3 Å². The largest absolute Gasteiger partial charge is 0.282 e. The predicted octanol–water partition coefficient (Wildman–Crippen LogP) is 1.50. The average Bonchev–Trinajstić information content (AvgIpc) is 2.06. The van der Waals surface area contributed by atoms with E-state index in [0.29, 0.717) is 15.7 Å². The molecule has 0 aliphatic heterocycles. The first kappa shape index (κ1) is 14.5. The molecule has 0 fully saturated rings. The Balaban J connectivity index is 3.02. The van der Waals surface area contributed by atoms with E-state index < -0.39 is 24.9 Å². The highest BCUT2D eigenvalue weighted by molar-refractivity contribution is 9.10. The van der Waals surface area contributed by atoms with Gasteiger partial charge in [0.25, 0.3) is 0 Å². The van der Waals surface area contributed by atoms with Crippen LogP contribution < -0.4 is 4.72 Å². The molecule has 0 aromatic heterocycles. The van der Waals surface area contributed by atoms with Crippen molar-refractivity contribution < 1.29 is 16.8 Å². The van der Waals surface area contributed by atoms with Crippen LogP contribution >= 0.6 is 15.9 Å². The normalized spacial score (nSPS) is 12.4. The summed E-state index contributed by atoms with van der Waals surface area (Å²) >= 11 is 3.21. The second kappa shape index (κ2) is 4.95. The van der Waals surface area contributed by atoms with E-state index in [4.69, 9.17) is 0 Å². The molecule has 8 heteroatoms. The highest BCUT2D eigenvalue weighted by Crippen LogP contribution is 2.21. The van der Waals surface area contributed by atoms with Crippen LogP contribution in [-0.2, 0) is 19.9 Å². The molecule has 0 saturated carbocycles. The van der Waals surface area contributed by atoms with E-state index in [-0.39, 0.29) is 0 Å². The average molecular weight is 342 g/mol. The van der Waals surface area contributed by atoms with Gasteiger partial charge in [0, 0.05) is 10.7 Å². The Morgan fingerprint density at radius 1 is 1.24 bits per heavy atom. The Labute approximate surface area is 109 Å². The van der Waals surface area contributed by atoms with Crippen molar-refractivity contribution in [1.82, 2.24) is 0 Å². The fraction of sp³-hybridized carbons (Fsp3) is 0.333. The third-order valence-corrected chi connectivity index (χ3v) is 5.81. The molecule has 0 bridgehead atoms. The summed E-state index contributed by atoms with van der Waals surface area (Å²) < 4.78 is 48.0. The van der Waals surface area contributed by atoms with Crippen LogP contribution in [0.1, 0.15) is 5.56 Å². The van der Waals surface area contributed by atoms with Gasteiger partial charge in [-0.25, -0.2) is 16.8 Å². The van der Waals surface area contributed by atoms with Crippen LogP contribution in [0, 0.1) is 6.92 Å². The standard InChI is InChI=1S/C9H12BrNO4S2/c1-7-3-4-8(10)5-9(7)11-17(14,15)6-16(2,12)13/h3-5,11H,6H2,1-2H3. The van der Waals surface area contributed by atoms with E-state index in [9.17, 15) is 16.8 Å². The van der Waals surface area contributed by atoms with Crippen molar-refractivity contribution >= 4 is 41.5 Å². The second-order valence-electron chi connectivity index (χ2n) is 3.72. The molecule has 0 amide bonds. The van der Waals surface area contributed by atoms with Crippen molar-refractivity contribution in [1.29, 1.82) is 0 Å². The Morgan fingerprint density at radius 3 is 2.35 bits per heavy atom. The number of aryl methyl sites for hydroxylation is 1. The maximum atomic E-state index is 11.6. The zero-order valence-electron chi connectivity index (χ0n) is 9.27. The summed E-state index contributed by atoms with van der Waals surface area (Å²) in [6, 6.07) is 5.07. The van der Waals surface area contributed by atoms with E-state index in [2.05, 4.69) is 20.7 Å². The number of sulfone groups is 1. The molecule has 1 N–H and O–H groups in total. The number of rotatable bonds is 4. The summed E-state index contributed by atoms with van der Waals surface area (Å²) in [4.78, 5) is 0. The maximum absolute atomic E-state index is 11.6. The van der Waals surface area contributed by atoms with Crippen LogP contribution in [0.15, 0.2) is 22.7 Å². The summed E-state index contributed by atoms with van der Waals surface area (Å²) in [5.41, 5.74) is 1.08. The molecule has 17 heavy (non-hydrogen) atoms. The van der Waals surface area contributed by atoms with Gasteiger partial charge in [-0.2, -0.15) is 0 Å². The lowest BCUT2D eigenvalue weighted by atomic mass is 10.2. The lowest BCUT2D eigenvalue weighted by molar-refractivity contribution is 0.595. The summed E-state index contributed by atoms with van der Waals surface area (Å²) in [7, 11) is -7.48. The highest BCUT2D eigenvalue weighted by Gasteiger charge is 2.18. The van der Waals surface area contributed by atoms with E-state index in [1.54, 1.807) is 25.1 Å². The van der Waals surface area contributed by atoms with Crippen molar-refractivity contribution in [2.75, 3.05) is 16.1 Å². The minimum Gasteiger partial charge on any atom is -0.282 e. The van der Waals surface area contributed by atoms with Crippen LogP contribution in [-0.4, -0.2) is 28.2 Å². The zero-order chi connectivity index (χ0) is 13.3. The number of nitrogens with one attached hydrogen (secondary N) is 1. The minimum absolute atomic E-state index is 0.364. The van der Waals surface area contributed by atoms with Gasteiger partial charge in [0.15, 0.2) is 14.9 Å². The summed E-state index contributed by atoms with van der Waals surface area (Å²) in [6.07, 6.45) is 0.875. The lowest BCUT2D eigenvalue weighted by Gasteiger charge is -2.10. The van der Waals surface area contributed by atoms with Crippen molar-refractivity contribution in [3.8, 4) is 0 Å². The fourth-order valence-electron chi connectivity index (χ4n) is 1.18. The molecule has 1 rings (SSSR count). The highest BCUT2D eigenvalue weighted by atomic mass is 79.9. The predicted molar refractivity (Wildman–Crippen MR) is 71.1 cm³/mol. The quantitative estimate of drug-likeness (QED) is 0.899. The number of hydrogen-bond donors (Lipinski definition) is 1. The van der Waals surface area contributed by atoms with Gasteiger partial charge in [-0.1, -0.05) is 22.0 Å². The third-order valence-electron chi connectivity index (χ3n) is 1.83. The molecule has 0 atom stereocenters. The first-order chi connectivity index (χ1) is 7.59. The Hall–Kier alpha value is -0.600. The first-order valence-electron chi connectivity index (χ1n) is 4.53. The van der Waals surface area contributed by atoms with E-state index in [0.717, 1.165) is 6.26 Å². The molecule has 0 spiro atoms.